The van der Waals surface area contributed by atoms with E-state index < -0.39 is 0 Å². The van der Waals surface area contributed by atoms with E-state index in [2.05, 4.69) is 36.1 Å². The highest BCUT2D eigenvalue weighted by molar-refractivity contribution is 5.50. The first-order chi connectivity index (χ1) is 11.1. The number of nitrogen functional groups attached to an aromatic ring is 1. The van der Waals surface area contributed by atoms with Crippen LogP contribution in [0, 0.1) is 6.92 Å². The molecule has 122 valence electrons. The Labute approximate surface area is 137 Å². The lowest BCUT2D eigenvalue weighted by atomic mass is 9.98. The number of hydrogen-bond acceptors (Lipinski definition) is 4. The molecule has 2 aromatic rings. The van der Waals surface area contributed by atoms with Crippen LogP contribution in [-0.4, -0.2) is 25.7 Å². The molecular weight excluding hydrogens is 288 g/mol. The highest BCUT2D eigenvalue weighted by Crippen LogP contribution is 2.33. The number of rotatable bonds is 4. The lowest BCUT2D eigenvalue weighted by molar-refractivity contribution is 0.244. The normalized spacial score (nSPS) is 14.4. The zero-order chi connectivity index (χ0) is 16.4. The third kappa shape index (κ3) is 3.27. The molecule has 0 aliphatic carbocycles. The first-order valence-electron chi connectivity index (χ1n) is 7.92. The summed E-state index contributed by atoms with van der Waals surface area (Å²) in [5.41, 5.74) is 12.1. The minimum absolute atomic E-state index is 0.795. The Hall–Kier alpha value is -2.20. The van der Waals surface area contributed by atoms with Crippen molar-refractivity contribution in [2.75, 3.05) is 26.5 Å². The molecule has 0 bridgehead atoms. The summed E-state index contributed by atoms with van der Waals surface area (Å²) in [7, 11) is 3.36. The minimum Gasteiger partial charge on any atom is -0.493 e. The summed E-state index contributed by atoms with van der Waals surface area (Å²) >= 11 is 0. The maximum atomic E-state index is 6.12. The Balaban J connectivity index is 1.81. The van der Waals surface area contributed by atoms with Crippen LogP contribution in [0.25, 0.3) is 0 Å². The van der Waals surface area contributed by atoms with E-state index in [0.29, 0.717) is 0 Å². The number of nitrogens with zero attached hydrogens (tertiary/aromatic N) is 1. The van der Waals surface area contributed by atoms with E-state index in [1.807, 2.05) is 6.07 Å². The van der Waals surface area contributed by atoms with Gasteiger partial charge in [-0.3, -0.25) is 4.90 Å². The average Bonchev–Trinajstić information content (AvgIpc) is 2.56. The first kappa shape index (κ1) is 15.7. The van der Waals surface area contributed by atoms with Crippen LogP contribution in [0.2, 0.25) is 0 Å². The predicted molar refractivity (Wildman–Crippen MR) is 93.0 cm³/mol. The van der Waals surface area contributed by atoms with Crippen molar-refractivity contribution in [2.24, 2.45) is 0 Å². The van der Waals surface area contributed by atoms with Gasteiger partial charge in [0.05, 0.1) is 14.2 Å². The fourth-order valence-electron chi connectivity index (χ4n) is 3.19. The van der Waals surface area contributed by atoms with E-state index in [1.165, 1.54) is 22.3 Å². The van der Waals surface area contributed by atoms with E-state index in [0.717, 1.165) is 43.2 Å². The molecule has 1 heterocycles. The van der Waals surface area contributed by atoms with Gasteiger partial charge in [-0.05, 0) is 48.2 Å². The Morgan fingerprint density at radius 1 is 1.04 bits per heavy atom. The van der Waals surface area contributed by atoms with Crippen LogP contribution in [-0.2, 0) is 19.5 Å². The largest absolute Gasteiger partial charge is 0.493 e. The molecule has 0 saturated heterocycles. The third-order valence-corrected chi connectivity index (χ3v) is 4.49. The van der Waals surface area contributed by atoms with E-state index in [9.17, 15) is 0 Å². The lowest BCUT2D eigenvalue weighted by Crippen LogP contribution is -2.30. The Morgan fingerprint density at radius 2 is 1.74 bits per heavy atom. The number of benzene rings is 2. The highest BCUT2D eigenvalue weighted by atomic mass is 16.5. The minimum atomic E-state index is 0.795. The molecule has 3 rings (SSSR count). The quantitative estimate of drug-likeness (QED) is 0.881. The summed E-state index contributed by atoms with van der Waals surface area (Å²) in [5, 5.41) is 0. The van der Waals surface area contributed by atoms with Crippen LogP contribution in [0.15, 0.2) is 30.3 Å². The van der Waals surface area contributed by atoms with Gasteiger partial charge in [0.2, 0.25) is 0 Å². The number of nitrogens with two attached hydrogens (primary N) is 1. The molecule has 4 heteroatoms. The summed E-state index contributed by atoms with van der Waals surface area (Å²) in [6.07, 6.45) is 1.02. The zero-order valence-corrected chi connectivity index (χ0v) is 14.1. The molecule has 0 spiro atoms. The summed E-state index contributed by atoms with van der Waals surface area (Å²) in [5.74, 6) is 1.60. The van der Waals surface area contributed by atoms with Gasteiger partial charge < -0.3 is 15.2 Å². The maximum Gasteiger partial charge on any atom is 0.161 e. The van der Waals surface area contributed by atoms with Crippen molar-refractivity contribution < 1.29 is 9.47 Å². The summed E-state index contributed by atoms with van der Waals surface area (Å²) in [6, 6.07) is 10.4. The molecule has 0 saturated carbocycles. The van der Waals surface area contributed by atoms with Gasteiger partial charge in [-0.15, -0.1) is 0 Å². The summed E-state index contributed by atoms with van der Waals surface area (Å²) < 4.78 is 10.8. The Morgan fingerprint density at radius 3 is 2.43 bits per heavy atom. The monoisotopic (exact) mass is 312 g/mol. The molecule has 4 nitrogen and oxygen atoms in total. The molecule has 0 aromatic heterocycles. The summed E-state index contributed by atoms with van der Waals surface area (Å²) in [4.78, 5) is 2.43. The van der Waals surface area contributed by atoms with Crippen molar-refractivity contribution in [3.05, 3.63) is 52.6 Å². The van der Waals surface area contributed by atoms with E-state index in [-0.39, 0.29) is 0 Å². The molecule has 2 aromatic carbocycles. The third-order valence-electron chi connectivity index (χ3n) is 4.49. The van der Waals surface area contributed by atoms with Gasteiger partial charge >= 0.3 is 0 Å². The predicted octanol–water partition coefficient (Wildman–Crippen LogP) is 3.15. The molecule has 0 unspecified atom stereocenters. The molecule has 0 amide bonds. The number of aryl methyl sites for hydroxylation is 1. The van der Waals surface area contributed by atoms with Gasteiger partial charge in [-0.1, -0.05) is 17.7 Å². The maximum absolute atomic E-state index is 6.12. The molecule has 0 fully saturated rings. The van der Waals surface area contributed by atoms with Gasteiger partial charge in [0.1, 0.15) is 0 Å². The van der Waals surface area contributed by atoms with Gasteiger partial charge in [-0.25, -0.2) is 0 Å². The number of anilines is 1. The average molecular weight is 312 g/mol. The van der Waals surface area contributed by atoms with Crippen molar-refractivity contribution >= 4 is 5.69 Å². The van der Waals surface area contributed by atoms with Crippen LogP contribution in [0.3, 0.4) is 0 Å². The number of ether oxygens (including phenoxy) is 2. The van der Waals surface area contributed by atoms with E-state index in [1.54, 1.807) is 14.2 Å². The highest BCUT2D eigenvalue weighted by Gasteiger charge is 2.20. The molecule has 23 heavy (non-hydrogen) atoms. The second kappa shape index (κ2) is 6.50. The molecule has 1 aliphatic rings. The van der Waals surface area contributed by atoms with Crippen LogP contribution in [0.1, 0.15) is 22.3 Å². The van der Waals surface area contributed by atoms with Gasteiger partial charge in [0.15, 0.2) is 11.5 Å². The molecule has 1 aliphatic heterocycles. The Bertz CT molecular complexity index is 713. The van der Waals surface area contributed by atoms with Crippen LogP contribution in [0.5, 0.6) is 11.5 Å². The van der Waals surface area contributed by atoms with Crippen molar-refractivity contribution in [1.82, 2.24) is 4.90 Å². The zero-order valence-electron chi connectivity index (χ0n) is 14.1. The van der Waals surface area contributed by atoms with Gasteiger partial charge in [0, 0.05) is 25.3 Å². The first-order valence-corrected chi connectivity index (χ1v) is 7.92. The van der Waals surface area contributed by atoms with Gasteiger partial charge in [-0.2, -0.15) is 0 Å². The van der Waals surface area contributed by atoms with Crippen LogP contribution in [0.4, 0.5) is 5.69 Å². The fraction of sp³-hybridized carbons (Fsp3) is 0.368. The number of hydrogen-bond donors (Lipinski definition) is 1. The van der Waals surface area contributed by atoms with Crippen LogP contribution >= 0.6 is 0 Å². The lowest BCUT2D eigenvalue weighted by Gasteiger charge is -2.30. The molecule has 2 N–H and O–H groups in total. The summed E-state index contributed by atoms with van der Waals surface area (Å²) in [6.45, 7) is 4.91. The SMILES string of the molecule is COc1cc2c(cc1OC)CN(Cc1cc(C)ccc1N)CC2. The molecule has 0 radical (unpaired) electrons. The second-order valence-electron chi connectivity index (χ2n) is 6.14. The fourth-order valence-corrected chi connectivity index (χ4v) is 3.19. The van der Waals surface area contributed by atoms with E-state index in [4.69, 9.17) is 15.2 Å². The van der Waals surface area contributed by atoms with E-state index >= 15 is 0 Å². The van der Waals surface area contributed by atoms with Crippen molar-refractivity contribution in [3.63, 3.8) is 0 Å². The molecular formula is C19H24N2O2. The number of methoxy groups -OCH3 is 2. The topological polar surface area (TPSA) is 47.7 Å². The second-order valence-corrected chi connectivity index (χ2v) is 6.14. The smallest absolute Gasteiger partial charge is 0.161 e. The van der Waals surface area contributed by atoms with Crippen molar-refractivity contribution in [3.8, 4) is 11.5 Å². The van der Waals surface area contributed by atoms with Crippen molar-refractivity contribution in [2.45, 2.75) is 26.4 Å². The van der Waals surface area contributed by atoms with Gasteiger partial charge in [0.25, 0.3) is 0 Å². The number of fused-ring (bicyclic) bond motifs is 1. The molecule has 0 atom stereocenters. The standard InChI is InChI=1S/C19H24N2O2/c1-13-4-5-17(20)16(8-13)12-21-7-6-14-9-18(22-2)19(23-3)10-15(14)11-21/h4-5,8-10H,6-7,11-12,20H2,1-3H3. The van der Waals surface area contributed by atoms with Crippen molar-refractivity contribution in [1.29, 1.82) is 0 Å². The Kier molecular flexibility index (Phi) is 4.44. The van der Waals surface area contributed by atoms with Crippen LogP contribution < -0.4 is 15.2 Å².